The number of hydrogen-bond acceptors (Lipinski definition) is 2. The van der Waals surface area contributed by atoms with Crippen molar-refractivity contribution in [3.63, 3.8) is 0 Å². The lowest BCUT2D eigenvalue weighted by molar-refractivity contribution is 0.440. The molecule has 2 aliphatic rings. The Morgan fingerprint density at radius 2 is 2.19 bits per heavy atom. The summed E-state index contributed by atoms with van der Waals surface area (Å²) in [5.41, 5.74) is 0. The van der Waals surface area contributed by atoms with Crippen LogP contribution in [-0.2, 0) is 0 Å². The molecule has 2 rings (SSSR count). The van der Waals surface area contributed by atoms with E-state index in [0.717, 1.165) is 11.2 Å². The first-order valence-corrected chi connectivity index (χ1v) is 9.06. The maximum atomic E-state index is 2.43. The molecule has 3 unspecified atom stereocenters. The lowest BCUT2D eigenvalue weighted by Crippen LogP contribution is -2.32. The maximum absolute atomic E-state index is 2.43. The summed E-state index contributed by atoms with van der Waals surface area (Å²) in [5, 5.41) is 0.990. The minimum Gasteiger partial charge on any atom is -0.157 e. The van der Waals surface area contributed by atoms with Crippen molar-refractivity contribution in [3.05, 3.63) is 0 Å². The fraction of sp³-hybridized carbons (Fsp3) is 1.00. The first-order chi connectivity index (χ1) is 7.77. The van der Waals surface area contributed by atoms with E-state index in [1.165, 1.54) is 56.5 Å². The number of rotatable bonds is 4. The van der Waals surface area contributed by atoms with Gasteiger partial charge in [-0.3, -0.25) is 0 Å². The quantitative estimate of drug-likeness (QED) is 0.698. The summed E-state index contributed by atoms with van der Waals surface area (Å²) in [6.07, 6.45) is 10.2. The van der Waals surface area contributed by atoms with Crippen molar-refractivity contribution in [1.82, 2.24) is 0 Å². The molecule has 0 aromatic heterocycles. The molecule has 0 amide bonds. The van der Waals surface area contributed by atoms with Crippen molar-refractivity contribution in [2.24, 2.45) is 5.92 Å². The summed E-state index contributed by atoms with van der Waals surface area (Å²) in [4.78, 5) is 0. The molecule has 1 aliphatic carbocycles. The van der Waals surface area contributed by atoms with Crippen LogP contribution in [0.5, 0.6) is 0 Å². The standard InChI is InChI=1S/C14H26S2/c1-3-12(2)7-9-14-8-4-6-13(14)15-10-5-11-16-14/h12-13H,3-11H2,1-2H3. The minimum atomic E-state index is 0.685. The van der Waals surface area contributed by atoms with Gasteiger partial charge in [-0.05, 0) is 49.5 Å². The Morgan fingerprint density at radius 3 is 3.00 bits per heavy atom. The highest BCUT2D eigenvalue weighted by Gasteiger charge is 2.43. The van der Waals surface area contributed by atoms with E-state index in [9.17, 15) is 0 Å². The van der Waals surface area contributed by atoms with E-state index in [2.05, 4.69) is 37.4 Å². The van der Waals surface area contributed by atoms with Crippen LogP contribution in [0.15, 0.2) is 0 Å². The van der Waals surface area contributed by atoms with Crippen molar-refractivity contribution in [2.45, 2.75) is 68.8 Å². The van der Waals surface area contributed by atoms with Crippen LogP contribution in [0.25, 0.3) is 0 Å². The first kappa shape index (κ1) is 13.1. The lowest BCUT2D eigenvalue weighted by Gasteiger charge is -2.34. The van der Waals surface area contributed by atoms with Gasteiger partial charge < -0.3 is 0 Å². The summed E-state index contributed by atoms with van der Waals surface area (Å²) in [6.45, 7) is 4.76. The van der Waals surface area contributed by atoms with E-state index >= 15 is 0 Å². The summed E-state index contributed by atoms with van der Waals surface area (Å²) in [7, 11) is 0. The smallest absolute Gasteiger partial charge is 0.0278 e. The molecule has 1 saturated carbocycles. The highest BCUT2D eigenvalue weighted by atomic mass is 32.2. The monoisotopic (exact) mass is 258 g/mol. The third-order valence-corrected chi connectivity index (χ3v) is 7.93. The van der Waals surface area contributed by atoms with Crippen molar-refractivity contribution in [1.29, 1.82) is 0 Å². The van der Waals surface area contributed by atoms with Crippen LogP contribution in [-0.4, -0.2) is 21.5 Å². The summed E-state index contributed by atoms with van der Waals surface area (Å²) < 4.78 is 0.685. The SMILES string of the molecule is CCC(C)CCC12CCCC1SCCCS2. The number of thioether (sulfide) groups is 2. The molecule has 1 aliphatic heterocycles. The fourth-order valence-electron chi connectivity index (χ4n) is 3.02. The van der Waals surface area contributed by atoms with E-state index in [4.69, 9.17) is 0 Å². The molecule has 0 aromatic carbocycles. The molecular formula is C14H26S2. The van der Waals surface area contributed by atoms with Gasteiger partial charge in [-0.15, -0.1) is 0 Å². The third kappa shape index (κ3) is 2.93. The average Bonchev–Trinajstić information content (AvgIpc) is 2.60. The molecule has 2 heteroatoms. The van der Waals surface area contributed by atoms with Gasteiger partial charge in [0.2, 0.25) is 0 Å². The van der Waals surface area contributed by atoms with Crippen molar-refractivity contribution in [3.8, 4) is 0 Å². The van der Waals surface area contributed by atoms with Crippen LogP contribution >= 0.6 is 23.5 Å². The molecule has 0 N–H and O–H groups in total. The van der Waals surface area contributed by atoms with E-state index in [1.807, 2.05) is 0 Å². The average molecular weight is 258 g/mol. The van der Waals surface area contributed by atoms with Gasteiger partial charge in [0.15, 0.2) is 0 Å². The highest BCUT2D eigenvalue weighted by Crippen LogP contribution is 2.52. The van der Waals surface area contributed by atoms with E-state index in [0.29, 0.717) is 4.75 Å². The molecular weight excluding hydrogens is 232 g/mol. The molecule has 1 saturated heterocycles. The second-order valence-electron chi connectivity index (χ2n) is 5.57. The van der Waals surface area contributed by atoms with Gasteiger partial charge in [0.1, 0.15) is 0 Å². The molecule has 94 valence electrons. The summed E-state index contributed by atoms with van der Waals surface area (Å²) in [6, 6.07) is 0. The zero-order chi connectivity index (χ0) is 11.4. The normalized spacial score (nSPS) is 36.8. The van der Waals surface area contributed by atoms with Crippen LogP contribution < -0.4 is 0 Å². The molecule has 0 bridgehead atoms. The van der Waals surface area contributed by atoms with E-state index in [-0.39, 0.29) is 0 Å². The summed E-state index contributed by atoms with van der Waals surface area (Å²) in [5.74, 6) is 3.77. The predicted octanol–water partition coefficient (Wildman–Crippen LogP) is 4.97. The Balaban J connectivity index is 1.95. The Labute approximate surface area is 110 Å². The van der Waals surface area contributed by atoms with Gasteiger partial charge in [-0.25, -0.2) is 0 Å². The molecule has 0 radical (unpaired) electrons. The third-order valence-electron chi connectivity index (χ3n) is 4.41. The molecule has 0 nitrogen and oxygen atoms in total. The van der Waals surface area contributed by atoms with Crippen LogP contribution in [0.3, 0.4) is 0 Å². The molecule has 0 spiro atoms. The van der Waals surface area contributed by atoms with Crippen LogP contribution in [0.1, 0.15) is 58.8 Å². The number of fused-ring (bicyclic) bond motifs is 1. The van der Waals surface area contributed by atoms with Crippen molar-refractivity contribution in [2.75, 3.05) is 11.5 Å². The van der Waals surface area contributed by atoms with Crippen molar-refractivity contribution < 1.29 is 0 Å². The molecule has 2 fully saturated rings. The van der Waals surface area contributed by atoms with Gasteiger partial charge in [0, 0.05) is 10.00 Å². The topological polar surface area (TPSA) is 0 Å². The molecule has 3 atom stereocenters. The second-order valence-corrected chi connectivity index (χ2v) is 8.39. The van der Waals surface area contributed by atoms with Crippen LogP contribution in [0.2, 0.25) is 0 Å². The van der Waals surface area contributed by atoms with Gasteiger partial charge in [-0.2, -0.15) is 23.5 Å². The minimum absolute atomic E-state index is 0.685. The predicted molar refractivity (Wildman–Crippen MR) is 78.6 cm³/mol. The summed E-state index contributed by atoms with van der Waals surface area (Å²) >= 11 is 4.63. The Morgan fingerprint density at radius 1 is 1.31 bits per heavy atom. The van der Waals surface area contributed by atoms with Crippen LogP contribution in [0.4, 0.5) is 0 Å². The highest BCUT2D eigenvalue weighted by molar-refractivity contribution is 8.05. The van der Waals surface area contributed by atoms with E-state index < -0.39 is 0 Å². The first-order valence-electron chi connectivity index (χ1n) is 7.02. The van der Waals surface area contributed by atoms with Crippen molar-refractivity contribution >= 4 is 23.5 Å². The van der Waals surface area contributed by atoms with Crippen LogP contribution in [0, 0.1) is 5.92 Å². The van der Waals surface area contributed by atoms with E-state index in [1.54, 1.807) is 0 Å². The zero-order valence-corrected chi connectivity index (χ0v) is 12.5. The van der Waals surface area contributed by atoms with Gasteiger partial charge in [-0.1, -0.05) is 26.7 Å². The second kappa shape index (κ2) is 6.04. The molecule has 0 aromatic rings. The Hall–Kier alpha value is 0.700. The largest absolute Gasteiger partial charge is 0.157 e. The maximum Gasteiger partial charge on any atom is 0.0278 e. The Kier molecular flexibility index (Phi) is 4.96. The van der Waals surface area contributed by atoms with Gasteiger partial charge in [0.25, 0.3) is 0 Å². The molecule has 1 heterocycles. The molecule has 16 heavy (non-hydrogen) atoms. The fourth-order valence-corrected chi connectivity index (χ4v) is 6.63. The lowest BCUT2D eigenvalue weighted by atomic mass is 9.93. The van der Waals surface area contributed by atoms with Gasteiger partial charge >= 0.3 is 0 Å². The van der Waals surface area contributed by atoms with Gasteiger partial charge in [0.05, 0.1) is 0 Å². The zero-order valence-electron chi connectivity index (χ0n) is 10.8. The number of hydrogen-bond donors (Lipinski definition) is 0. The Bertz CT molecular complexity index is 217.